The molecule has 5 heteroatoms. The van der Waals surface area contributed by atoms with Gasteiger partial charge < -0.3 is 9.47 Å². The van der Waals surface area contributed by atoms with Gasteiger partial charge in [0.15, 0.2) is 5.69 Å². The number of hydrogen-bond donors (Lipinski definition) is 0. The van der Waals surface area contributed by atoms with E-state index in [0.717, 1.165) is 17.7 Å². The van der Waals surface area contributed by atoms with Crippen LogP contribution in [-0.2, 0) is 22.5 Å². The van der Waals surface area contributed by atoms with Crippen LogP contribution >= 0.6 is 0 Å². The van der Waals surface area contributed by atoms with E-state index in [-0.39, 0.29) is 0 Å². The Hall–Kier alpha value is -1.49. The Morgan fingerprint density at radius 2 is 2.47 bits per heavy atom. The lowest BCUT2D eigenvalue weighted by Gasteiger charge is -2.16. The molecule has 0 aliphatic carbocycles. The molecule has 0 bridgehead atoms. The highest BCUT2D eigenvalue weighted by Crippen LogP contribution is 2.17. The van der Waals surface area contributed by atoms with E-state index in [1.54, 1.807) is 6.92 Å². The third-order valence-electron chi connectivity index (χ3n) is 2.23. The van der Waals surface area contributed by atoms with Crippen molar-refractivity contribution in [2.24, 2.45) is 0 Å². The van der Waals surface area contributed by atoms with Crippen molar-refractivity contribution in [1.29, 1.82) is 0 Å². The van der Waals surface area contributed by atoms with E-state index in [1.807, 2.05) is 0 Å². The summed E-state index contributed by atoms with van der Waals surface area (Å²) in [5, 5.41) is 0. The zero-order valence-corrected chi connectivity index (χ0v) is 8.52. The lowest BCUT2D eigenvalue weighted by Crippen LogP contribution is -2.19. The number of hydrogen-bond acceptors (Lipinski definition) is 5. The molecule has 5 nitrogen and oxygen atoms in total. The number of aromatic nitrogens is 2. The number of carbonyl (C=O) groups excluding carboxylic acids is 1. The summed E-state index contributed by atoms with van der Waals surface area (Å²) in [7, 11) is 0. The highest BCUT2D eigenvalue weighted by molar-refractivity contribution is 5.89. The van der Waals surface area contributed by atoms with E-state index >= 15 is 0 Å². The molecule has 1 aromatic rings. The molecule has 2 rings (SSSR count). The summed E-state index contributed by atoms with van der Waals surface area (Å²) in [6.07, 6.45) is 2.13. The number of esters is 1. The van der Waals surface area contributed by atoms with Crippen LogP contribution < -0.4 is 0 Å². The molecule has 0 saturated heterocycles. The summed E-state index contributed by atoms with van der Waals surface area (Å²) in [5.41, 5.74) is 1.99. The smallest absolute Gasteiger partial charge is 0.357 e. The Balaban J connectivity index is 2.34. The fourth-order valence-electron chi connectivity index (χ4n) is 1.53. The molecule has 0 atom stereocenters. The largest absolute Gasteiger partial charge is 0.461 e. The maximum Gasteiger partial charge on any atom is 0.357 e. The Morgan fingerprint density at radius 3 is 3.27 bits per heavy atom. The lowest BCUT2D eigenvalue weighted by molar-refractivity contribution is 0.0505. The highest BCUT2D eigenvalue weighted by atomic mass is 16.5. The standard InChI is InChI=1S/C10H12N2O3/c1-2-15-10(13)9-7-5-14-4-3-8(7)11-6-12-9/h6H,2-5H2,1H3. The third-order valence-corrected chi connectivity index (χ3v) is 2.23. The van der Waals surface area contributed by atoms with Crippen molar-refractivity contribution in [3.8, 4) is 0 Å². The fraction of sp³-hybridized carbons (Fsp3) is 0.500. The van der Waals surface area contributed by atoms with Crippen molar-refractivity contribution in [1.82, 2.24) is 9.97 Å². The van der Waals surface area contributed by atoms with Gasteiger partial charge in [-0.15, -0.1) is 0 Å². The summed E-state index contributed by atoms with van der Waals surface area (Å²) in [6, 6.07) is 0. The first-order valence-electron chi connectivity index (χ1n) is 4.90. The van der Waals surface area contributed by atoms with Gasteiger partial charge in [0.05, 0.1) is 25.5 Å². The maximum absolute atomic E-state index is 11.5. The van der Waals surface area contributed by atoms with Gasteiger partial charge >= 0.3 is 5.97 Å². The summed E-state index contributed by atoms with van der Waals surface area (Å²) in [4.78, 5) is 19.6. The minimum atomic E-state index is -0.401. The van der Waals surface area contributed by atoms with Gasteiger partial charge in [0.25, 0.3) is 0 Å². The molecular formula is C10H12N2O3. The average Bonchev–Trinajstić information content (AvgIpc) is 2.28. The van der Waals surface area contributed by atoms with E-state index in [4.69, 9.17) is 9.47 Å². The van der Waals surface area contributed by atoms with E-state index < -0.39 is 5.97 Å². The van der Waals surface area contributed by atoms with Gasteiger partial charge in [-0.2, -0.15) is 0 Å². The molecule has 0 unspecified atom stereocenters. The van der Waals surface area contributed by atoms with Crippen molar-refractivity contribution in [3.05, 3.63) is 23.3 Å². The lowest BCUT2D eigenvalue weighted by atomic mass is 10.1. The van der Waals surface area contributed by atoms with Crippen LogP contribution in [0.3, 0.4) is 0 Å². The topological polar surface area (TPSA) is 61.3 Å². The molecule has 15 heavy (non-hydrogen) atoms. The molecule has 80 valence electrons. The molecule has 1 aliphatic heterocycles. The Bertz CT molecular complexity index is 379. The first kappa shape index (κ1) is 10.0. The van der Waals surface area contributed by atoms with Gasteiger partial charge in [0.1, 0.15) is 6.33 Å². The second kappa shape index (κ2) is 4.35. The maximum atomic E-state index is 11.5. The van der Waals surface area contributed by atoms with Gasteiger partial charge in [-0.05, 0) is 6.92 Å². The number of carbonyl (C=O) groups is 1. The van der Waals surface area contributed by atoms with Crippen molar-refractivity contribution in [2.45, 2.75) is 20.0 Å². The minimum absolute atomic E-state index is 0.335. The van der Waals surface area contributed by atoms with Gasteiger partial charge in [0.2, 0.25) is 0 Å². The summed E-state index contributed by atoms with van der Waals surface area (Å²) >= 11 is 0. The van der Waals surface area contributed by atoms with Crippen LogP contribution in [0, 0.1) is 0 Å². The van der Waals surface area contributed by atoms with Crippen molar-refractivity contribution in [2.75, 3.05) is 13.2 Å². The fourth-order valence-corrected chi connectivity index (χ4v) is 1.53. The molecule has 0 amide bonds. The summed E-state index contributed by atoms with van der Waals surface area (Å²) in [6.45, 7) is 3.15. The normalized spacial score (nSPS) is 14.5. The van der Waals surface area contributed by atoms with Gasteiger partial charge in [-0.1, -0.05) is 0 Å². The SMILES string of the molecule is CCOC(=O)c1ncnc2c1COCC2. The van der Waals surface area contributed by atoms with Gasteiger partial charge in [-0.25, -0.2) is 14.8 Å². The number of fused-ring (bicyclic) bond motifs is 1. The average molecular weight is 208 g/mol. The summed E-state index contributed by atoms with van der Waals surface area (Å²) in [5.74, 6) is -0.401. The summed E-state index contributed by atoms with van der Waals surface area (Å²) < 4.78 is 10.2. The molecule has 1 aromatic heterocycles. The minimum Gasteiger partial charge on any atom is -0.461 e. The van der Waals surface area contributed by atoms with Crippen LogP contribution in [0.2, 0.25) is 0 Å². The van der Waals surface area contributed by atoms with E-state index in [9.17, 15) is 4.79 Å². The van der Waals surface area contributed by atoms with E-state index in [1.165, 1.54) is 6.33 Å². The van der Waals surface area contributed by atoms with E-state index in [0.29, 0.717) is 25.5 Å². The van der Waals surface area contributed by atoms with Crippen molar-refractivity contribution in [3.63, 3.8) is 0 Å². The molecule has 0 spiro atoms. The van der Waals surface area contributed by atoms with Crippen LogP contribution in [-0.4, -0.2) is 29.2 Å². The van der Waals surface area contributed by atoms with Crippen molar-refractivity contribution >= 4 is 5.97 Å². The van der Waals surface area contributed by atoms with Gasteiger partial charge in [0, 0.05) is 12.0 Å². The predicted molar refractivity (Wildman–Crippen MR) is 51.3 cm³/mol. The molecule has 2 heterocycles. The Morgan fingerprint density at radius 1 is 1.60 bits per heavy atom. The van der Waals surface area contributed by atoms with E-state index in [2.05, 4.69) is 9.97 Å². The first-order valence-corrected chi connectivity index (χ1v) is 4.90. The molecule has 0 radical (unpaired) electrons. The second-order valence-corrected chi connectivity index (χ2v) is 3.17. The van der Waals surface area contributed by atoms with Crippen LogP contribution in [0.1, 0.15) is 28.7 Å². The van der Waals surface area contributed by atoms with Crippen LogP contribution in [0.4, 0.5) is 0 Å². The number of rotatable bonds is 2. The Kier molecular flexibility index (Phi) is 2.91. The third kappa shape index (κ3) is 1.97. The zero-order valence-electron chi connectivity index (χ0n) is 8.52. The zero-order chi connectivity index (χ0) is 10.7. The predicted octanol–water partition coefficient (Wildman–Crippen LogP) is 0.726. The molecule has 0 saturated carbocycles. The molecule has 0 fully saturated rings. The van der Waals surface area contributed by atoms with Crippen LogP contribution in [0.25, 0.3) is 0 Å². The number of ether oxygens (including phenoxy) is 2. The quantitative estimate of drug-likeness (QED) is 0.670. The highest BCUT2D eigenvalue weighted by Gasteiger charge is 2.21. The molecule has 1 aliphatic rings. The monoisotopic (exact) mass is 208 g/mol. The molecule has 0 N–H and O–H groups in total. The molecular weight excluding hydrogens is 196 g/mol. The van der Waals surface area contributed by atoms with Crippen LogP contribution in [0.5, 0.6) is 0 Å². The number of nitrogens with zero attached hydrogens (tertiary/aromatic N) is 2. The Labute approximate surface area is 87.4 Å². The molecule has 0 aromatic carbocycles. The van der Waals surface area contributed by atoms with Crippen molar-refractivity contribution < 1.29 is 14.3 Å². The first-order chi connectivity index (χ1) is 7.33. The van der Waals surface area contributed by atoms with Crippen LogP contribution in [0.15, 0.2) is 6.33 Å². The second-order valence-electron chi connectivity index (χ2n) is 3.17. The van der Waals surface area contributed by atoms with Gasteiger partial charge in [-0.3, -0.25) is 0 Å².